The van der Waals surface area contributed by atoms with Gasteiger partial charge in [0.1, 0.15) is 0 Å². The van der Waals surface area contributed by atoms with E-state index in [0.29, 0.717) is 19.6 Å². The lowest BCUT2D eigenvalue weighted by Crippen LogP contribution is -2.45. The third kappa shape index (κ3) is 4.43. The van der Waals surface area contributed by atoms with Crippen LogP contribution in [0.4, 0.5) is 0 Å². The lowest BCUT2D eigenvalue weighted by Gasteiger charge is -2.25. The highest BCUT2D eigenvalue weighted by Crippen LogP contribution is 1.97. The Morgan fingerprint density at radius 3 is 2.94 bits per heavy atom. The minimum atomic E-state index is -0.146. The normalized spacial score (nSPS) is 16.4. The van der Waals surface area contributed by atoms with Crippen LogP contribution in [0.15, 0.2) is 24.4 Å². The molecule has 1 saturated heterocycles. The monoisotopic (exact) mass is 249 g/mol. The molecule has 5 nitrogen and oxygen atoms in total. The van der Waals surface area contributed by atoms with Crippen molar-refractivity contribution in [3.63, 3.8) is 0 Å². The Morgan fingerprint density at radius 2 is 2.22 bits per heavy atom. The van der Waals surface area contributed by atoms with E-state index >= 15 is 0 Å². The summed E-state index contributed by atoms with van der Waals surface area (Å²) in [5.41, 5.74) is 0.951. The van der Waals surface area contributed by atoms with E-state index in [0.717, 1.165) is 31.9 Å². The largest absolute Gasteiger partial charge is 0.464 e. The molecule has 98 valence electrons. The van der Waals surface area contributed by atoms with Gasteiger partial charge in [0.25, 0.3) is 0 Å². The van der Waals surface area contributed by atoms with Crippen molar-refractivity contribution in [2.24, 2.45) is 0 Å². The van der Waals surface area contributed by atoms with Gasteiger partial charge in [-0.2, -0.15) is 0 Å². The van der Waals surface area contributed by atoms with Crippen molar-refractivity contribution in [3.8, 4) is 0 Å². The van der Waals surface area contributed by atoms with Gasteiger partial charge in [-0.15, -0.1) is 0 Å². The molecule has 0 unspecified atom stereocenters. The Hall–Kier alpha value is -1.46. The van der Waals surface area contributed by atoms with Gasteiger partial charge in [0.2, 0.25) is 0 Å². The summed E-state index contributed by atoms with van der Waals surface area (Å²) in [6.45, 7) is 4.51. The fourth-order valence-electron chi connectivity index (χ4n) is 1.91. The molecule has 5 heteroatoms. The molecule has 1 aromatic rings. The van der Waals surface area contributed by atoms with Gasteiger partial charge in [-0.05, 0) is 12.1 Å². The first-order chi connectivity index (χ1) is 8.84. The van der Waals surface area contributed by atoms with E-state index in [1.165, 1.54) is 0 Å². The summed E-state index contributed by atoms with van der Waals surface area (Å²) in [5, 5.41) is 3.25. The summed E-state index contributed by atoms with van der Waals surface area (Å²) in [7, 11) is 0. The summed E-state index contributed by atoms with van der Waals surface area (Å²) in [4.78, 5) is 17.9. The lowest BCUT2D eigenvalue weighted by atomic mass is 10.3. The number of ether oxygens (including phenoxy) is 1. The molecule has 1 N–H and O–H groups in total. The van der Waals surface area contributed by atoms with E-state index in [-0.39, 0.29) is 5.97 Å². The summed E-state index contributed by atoms with van der Waals surface area (Å²) < 4.78 is 5.21. The molecule has 0 aromatic carbocycles. The number of nitrogens with one attached hydrogen (secondary N) is 1. The third-order valence-electron chi connectivity index (χ3n) is 2.91. The van der Waals surface area contributed by atoms with Crippen molar-refractivity contribution in [2.45, 2.75) is 6.42 Å². The summed E-state index contributed by atoms with van der Waals surface area (Å²) in [5.74, 6) is -0.146. The number of aromatic nitrogens is 1. The number of hydrogen-bond acceptors (Lipinski definition) is 5. The number of hydrogen-bond donors (Lipinski definition) is 1. The fraction of sp³-hybridized carbons (Fsp3) is 0.538. The van der Waals surface area contributed by atoms with E-state index in [9.17, 15) is 4.79 Å². The van der Waals surface area contributed by atoms with E-state index in [1.54, 1.807) is 6.20 Å². The van der Waals surface area contributed by atoms with Crippen molar-refractivity contribution in [3.05, 3.63) is 30.1 Å². The first-order valence-corrected chi connectivity index (χ1v) is 6.33. The first kappa shape index (κ1) is 13.0. The lowest BCUT2D eigenvalue weighted by molar-refractivity contribution is -0.145. The Morgan fingerprint density at radius 1 is 1.39 bits per heavy atom. The van der Waals surface area contributed by atoms with E-state index < -0.39 is 0 Å². The van der Waals surface area contributed by atoms with Gasteiger partial charge < -0.3 is 10.1 Å². The van der Waals surface area contributed by atoms with Crippen LogP contribution in [0.1, 0.15) is 5.69 Å². The van der Waals surface area contributed by atoms with Gasteiger partial charge in [0, 0.05) is 44.5 Å². The van der Waals surface area contributed by atoms with Crippen molar-refractivity contribution in [2.75, 3.05) is 39.3 Å². The number of pyridine rings is 1. The molecule has 1 aliphatic heterocycles. The molecule has 1 aliphatic rings. The SMILES string of the molecule is O=C(CN1CCNCC1)OCCc1ccccn1. The second-order valence-corrected chi connectivity index (χ2v) is 4.32. The molecule has 2 rings (SSSR count). The Bertz CT molecular complexity index is 364. The topological polar surface area (TPSA) is 54.5 Å². The number of carbonyl (C=O) groups excluding carboxylic acids is 1. The number of rotatable bonds is 5. The molecule has 18 heavy (non-hydrogen) atoms. The first-order valence-electron chi connectivity index (χ1n) is 6.33. The molecule has 0 spiro atoms. The van der Waals surface area contributed by atoms with Crippen LogP contribution in [-0.4, -0.2) is 55.2 Å². The Balaban J connectivity index is 1.62. The van der Waals surface area contributed by atoms with Crippen LogP contribution in [0.25, 0.3) is 0 Å². The minimum absolute atomic E-state index is 0.146. The van der Waals surface area contributed by atoms with E-state index in [2.05, 4.69) is 15.2 Å². The molecule has 0 atom stereocenters. The number of piperazine rings is 1. The number of esters is 1. The number of carbonyl (C=O) groups is 1. The van der Waals surface area contributed by atoms with Gasteiger partial charge in [-0.25, -0.2) is 0 Å². The second kappa shape index (κ2) is 7.08. The average Bonchev–Trinajstić information content (AvgIpc) is 2.41. The minimum Gasteiger partial charge on any atom is -0.464 e. The molecule has 1 fully saturated rings. The maximum atomic E-state index is 11.6. The highest BCUT2D eigenvalue weighted by atomic mass is 16.5. The standard InChI is InChI=1S/C13H19N3O2/c17-13(11-16-8-6-14-7-9-16)18-10-4-12-3-1-2-5-15-12/h1-3,5,14H,4,6-11H2. The van der Waals surface area contributed by atoms with Crippen LogP contribution in [0.5, 0.6) is 0 Å². The van der Waals surface area contributed by atoms with Crippen LogP contribution in [0.3, 0.4) is 0 Å². The zero-order valence-corrected chi connectivity index (χ0v) is 10.5. The van der Waals surface area contributed by atoms with Gasteiger partial charge in [-0.3, -0.25) is 14.7 Å². The zero-order chi connectivity index (χ0) is 12.6. The maximum Gasteiger partial charge on any atom is 0.320 e. The quantitative estimate of drug-likeness (QED) is 0.749. The highest BCUT2D eigenvalue weighted by molar-refractivity contribution is 5.71. The van der Waals surface area contributed by atoms with Gasteiger partial charge in [0.05, 0.1) is 13.2 Å². The molecule has 1 aromatic heterocycles. The molecular formula is C13H19N3O2. The van der Waals surface area contributed by atoms with E-state index in [1.807, 2.05) is 18.2 Å². The molecule has 0 bridgehead atoms. The van der Waals surface area contributed by atoms with Gasteiger partial charge in [-0.1, -0.05) is 6.07 Å². The van der Waals surface area contributed by atoms with Gasteiger partial charge in [0.15, 0.2) is 0 Å². The highest BCUT2D eigenvalue weighted by Gasteiger charge is 2.14. The van der Waals surface area contributed by atoms with Crippen molar-refractivity contribution in [1.82, 2.24) is 15.2 Å². The number of nitrogens with zero attached hydrogens (tertiary/aromatic N) is 2. The Labute approximate surface area is 107 Å². The predicted octanol–water partition coefficient (Wildman–Crippen LogP) is 0.0725. The maximum absolute atomic E-state index is 11.6. The van der Waals surface area contributed by atoms with Crippen LogP contribution < -0.4 is 5.32 Å². The molecule has 0 amide bonds. The molecular weight excluding hydrogens is 230 g/mol. The molecule has 0 aliphatic carbocycles. The Kier molecular flexibility index (Phi) is 5.11. The average molecular weight is 249 g/mol. The van der Waals surface area contributed by atoms with E-state index in [4.69, 9.17) is 4.74 Å². The van der Waals surface area contributed by atoms with Crippen molar-refractivity contribution in [1.29, 1.82) is 0 Å². The van der Waals surface area contributed by atoms with Crippen LogP contribution >= 0.6 is 0 Å². The molecule has 0 saturated carbocycles. The smallest absolute Gasteiger partial charge is 0.320 e. The van der Waals surface area contributed by atoms with Gasteiger partial charge >= 0.3 is 5.97 Å². The second-order valence-electron chi connectivity index (χ2n) is 4.32. The zero-order valence-electron chi connectivity index (χ0n) is 10.5. The summed E-state index contributed by atoms with van der Waals surface area (Å²) in [6.07, 6.45) is 2.42. The van der Waals surface area contributed by atoms with Crippen molar-refractivity contribution < 1.29 is 9.53 Å². The van der Waals surface area contributed by atoms with Crippen molar-refractivity contribution >= 4 is 5.97 Å². The third-order valence-corrected chi connectivity index (χ3v) is 2.91. The van der Waals surface area contributed by atoms with Crippen LogP contribution in [0.2, 0.25) is 0 Å². The summed E-state index contributed by atoms with van der Waals surface area (Å²) >= 11 is 0. The molecule has 2 heterocycles. The van der Waals surface area contributed by atoms with Crippen LogP contribution in [0, 0.1) is 0 Å². The predicted molar refractivity (Wildman–Crippen MR) is 68.2 cm³/mol. The summed E-state index contributed by atoms with van der Waals surface area (Å²) in [6, 6.07) is 5.74. The fourth-order valence-corrected chi connectivity index (χ4v) is 1.91. The molecule has 0 radical (unpaired) electrons. The van der Waals surface area contributed by atoms with Crippen LogP contribution in [-0.2, 0) is 16.0 Å².